The summed E-state index contributed by atoms with van der Waals surface area (Å²) >= 11 is 1.26. The lowest BCUT2D eigenvalue weighted by atomic mass is 10.1. The molecule has 2 amide bonds. The van der Waals surface area contributed by atoms with Crippen molar-refractivity contribution in [1.29, 1.82) is 0 Å². The summed E-state index contributed by atoms with van der Waals surface area (Å²) in [6.07, 6.45) is 0. The molecule has 3 aromatic rings. The van der Waals surface area contributed by atoms with Gasteiger partial charge in [0.1, 0.15) is 17.2 Å². The van der Waals surface area contributed by atoms with Gasteiger partial charge in [0, 0.05) is 24.4 Å². The fourth-order valence-corrected chi connectivity index (χ4v) is 3.33. The van der Waals surface area contributed by atoms with E-state index < -0.39 is 5.91 Å². The molecule has 0 bridgehead atoms. The van der Waals surface area contributed by atoms with Crippen LogP contribution in [0.25, 0.3) is 11.5 Å². The van der Waals surface area contributed by atoms with E-state index in [1.165, 1.54) is 39.6 Å². The first-order valence-corrected chi connectivity index (χ1v) is 9.73. The second-order valence-electron chi connectivity index (χ2n) is 6.08. The van der Waals surface area contributed by atoms with Gasteiger partial charge in [0.2, 0.25) is 5.91 Å². The van der Waals surface area contributed by atoms with Crippen LogP contribution in [0.4, 0.5) is 5.13 Å². The van der Waals surface area contributed by atoms with Gasteiger partial charge in [0.05, 0.1) is 33.4 Å². The van der Waals surface area contributed by atoms with Crippen molar-refractivity contribution in [2.24, 2.45) is 0 Å². The van der Waals surface area contributed by atoms with Gasteiger partial charge in [-0.15, -0.1) is 11.3 Å². The largest absolute Gasteiger partial charge is 0.496 e. The molecule has 1 aromatic carbocycles. The van der Waals surface area contributed by atoms with E-state index in [2.05, 4.69) is 15.6 Å². The van der Waals surface area contributed by atoms with Crippen LogP contribution in [0.1, 0.15) is 23.0 Å². The summed E-state index contributed by atoms with van der Waals surface area (Å²) < 4.78 is 21.5. The van der Waals surface area contributed by atoms with Crippen LogP contribution in [0.15, 0.2) is 34.1 Å². The summed E-state index contributed by atoms with van der Waals surface area (Å²) in [6.45, 7) is 1.73. The smallest absolute Gasteiger partial charge is 0.261 e. The van der Waals surface area contributed by atoms with E-state index in [1.54, 1.807) is 29.6 Å². The van der Waals surface area contributed by atoms with Gasteiger partial charge in [-0.25, -0.2) is 4.98 Å². The molecule has 9 nitrogen and oxygen atoms in total. The monoisotopic (exact) mass is 431 g/mol. The standard InChI is InChI=1S/C20H21N3O6S/c1-11(24)21-9-12-5-6-15(29-12)14-10-30-20(22-14)23-19(25)13-7-17(27-3)18(28-4)8-16(13)26-2/h5-8,10H,9H2,1-4H3,(H,21,24)(H,22,23,25). The van der Waals surface area contributed by atoms with Crippen molar-refractivity contribution in [3.8, 4) is 28.7 Å². The number of thiazole rings is 1. The highest BCUT2D eigenvalue weighted by atomic mass is 32.1. The van der Waals surface area contributed by atoms with Gasteiger partial charge in [-0.2, -0.15) is 0 Å². The predicted molar refractivity (Wildman–Crippen MR) is 111 cm³/mol. The number of ether oxygens (including phenoxy) is 3. The molecular weight excluding hydrogens is 410 g/mol. The van der Waals surface area contributed by atoms with Crippen molar-refractivity contribution in [2.75, 3.05) is 26.6 Å². The number of rotatable bonds is 8. The van der Waals surface area contributed by atoms with Gasteiger partial charge >= 0.3 is 0 Å². The number of carbonyl (C=O) groups excluding carboxylic acids is 2. The maximum absolute atomic E-state index is 12.8. The highest BCUT2D eigenvalue weighted by Crippen LogP contribution is 2.35. The number of carbonyl (C=O) groups is 2. The molecule has 0 aliphatic heterocycles. The zero-order valence-electron chi connectivity index (χ0n) is 16.9. The normalized spacial score (nSPS) is 10.4. The molecule has 0 fully saturated rings. The number of nitrogens with one attached hydrogen (secondary N) is 2. The first-order chi connectivity index (χ1) is 14.4. The summed E-state index contributed by atoms with van der Waals surface area (Å²) in [5.74, 6) is 1.80. The molecule has 0 saturated heterocycles. The molecule has 3 rings (SSSR count). The van der Waals surface area contributed by atoms with Crippen LogP contribution < -0.4 is 24.8 Å². The molecule has 0 spiro atoms. The Morgan fingerprint density at radius 2 is 1.77 bits per heavy atom. The molecule has 158 valence electrons. The van der Waals surface area contributed by atoms with E-state index >= 15 is 0 Å². The quantitative estimate of drug-likeness (QED) is 0.563. The van der Waals surface area contributed by atoms with Crippen LogP contribution in [-0.2, 0) is 11.3 Å². The minimum Gasteiger partial charge on any atom is -0.496 e. The number of benzene rings is 1. The second kappa shape index (κ2) is 9.31. The molecule has 10 heteroatoms. The molecule has 0 radical (unpaired) electrons. The predicted octanol–water partition coefficient (Wildman–Crippen LogP) is 3.32. The van der Waals surface area contributed by atoms with Crippen molar-refractivity contribution >= 4 is 28.3 Å². The molecule has 2 heterocycles. The van der Waals surface area contributed by atoms with E-state index in [0.717, 1.165) is 0 Å². The van der Waals surface area contributed by atoms with Gasteiger partial charge < -0.3 is 23.9 Å². The van der Waals surface area contributed by atoms with Gasteiger partial charge in [-0.1, -0.05) is 0 Å². The van der Waals surface area contributed by atoms with E-state index in [1.807, 2.05) is 0 Å². The Morgan fingerprint density at radius 1 is 1.07 bits per heavy atom. The fraction of sp³-hybridized carbons (Fsp3) is 0.250. The van der Waals surface area contributed by atoms with E-state index in [-0.39, 0.29) is 11.5 Å². The number of anilines is 1. The third kappa shape index (κ3) is 4.71. The SMILES string of the molecule is COc1cc(OC)c(C(=O)Nc2nc(-c3ccc(CNC(C)=O)o3)cs2)cc1OC. The van der Waals surface area contributed by atoms with E-state index in [9.17, 15) is 9.59 Å². The highest BCUT2D eigenvalue weighted by molar-refractivity contribution is 7.14. The lowest BCUT2D eigenvalue weighted by molar-refractivity contribution is -0.119. The lowest BCUT2D eigenvalue weighted by Gasteiger charge is -2.13. The molecule has 0 atom stereocenters. The average Bonchev–Trinajstić information content (AvgIpc) is 3.40. The summed E-state index contributed by atoms with van der Waals surface area (Å²) in [4.78, 5) is 28.2. The fourth-order valence-electron chi connectivity index (χ4n) is 2.64. The van der Waals surface area contributed by atoms with Crippen LogP contribution in [0, 0.1) is 0 Å². The van der Waals surface area contributed by atoms with Gasteiger partial charge in [0.15, 0.2) is 22.4 Å². The summed E-state index contributed by atoms with van der Waals surface area (Å²) in [6, 6.07) is 6.65. The Morgan fingerprint density at radius 3 is 2.43 bits per heavy atom. The molecule has 30 heavy (non-hydrogen) atoms. The number of hydrogen-bond acceptors (Lipinski definition) is 8. The Kier molecular flexibility index (Phi) is 6.58. The zero-order chi connectivity index (χ0) is 21.7. The first-order valence-electron chi connectivity index (χ1n) is 8.85. The minimum absolute atomic E-state index is 0.141. The van der Waals surface area contributed by atoms with Crippen molar-refractivity contribution in [1.82, 2.24) is 10.3 Å². The Balaban J connectivity index is 1.76. The van der Waals surface area contributed by atoms with Gasteiger partial charge in [-0.3, -0.25) is 14.9 Å². The molecular formula is C20H21N3O6S. The second-order valence-corrected chi connectivity index (χ2v) is 6.93. The van der Waals surface area contributed by atoms with Crippen molar-refractivity contribution < 1.29 is 28.2 Å². The van der Waals surface area contributed by atoms with Crippen LogP contribution in [-0.4, -0.2) is 38.1 Å². The van der Waals surface area contributed by atoms with E-state index in [4.69, 9.17) is 18.6 Å². The lowest BCUT2D eigenvalue weighted by Crippen LogP contribution is -2.18. The summed E-state index contributed by atoms with van der Waals surface area (Å²) in [7, 11) is 4.46. The van der Waals surface area contributed by atoms with E-state index in [0.29, 0.717) is 46.1 Å². The number of nitrogens with zero attached hydrogens (tertiary/aromatic N) is 1. The summed E-state index contributed by atoms with van der Waals surface area (Å²) in [5, 5.41) is 7.58. The van der Waals surface area contributed by atoms with Crippen LogP contribution in [0.5, 0.6) is 17.2 Å². The number of amides is 2. The molecule has 2 N–H and O–H groups in total. The van der Waals surface area contributed by atoms with Crippen LogP contribution in [0.2, 0.25) is 0 Å². The number of hydrogen-bond donors (Lipinski definition) is 2. The molecule has 2 aromatic heterocycles. The third-order valence-electron chi connectivity index (χ3n) is 4.10. The summed E-state index contributed by atoms with van der Waals surface area (Å²) in [5.41, 5.74) is 0.853. The van der Waals surface area contributed by atoms with Crippen LogP contribution in [0.3, 0.4) is 0 Å². The van der Waals surface area contributed by atoms with Crippen LogP contribution >= 0.6 is 11.3 Å². The minimum atomic E-state index is -0.403. The molecule has 0 aliphatic rings. The van der Waals surface area contributed by atoms with Gasteiger partial charge in [-0.05, 0) is 12.1 Å². The van der Waals surface area contributed by atoms with Crippen molar-refractivity contribution in [2.45, 2.75) is 13.5 Å². The Bertz CT molecular complexity index is 1060. The topological polar surface area (TPSA) is 112 Å². The molecule has 0 unspecified atom stereocenters. The number of methoxy groups -OCH3 is 3. The Hall–Kier alpha value is -3.53. The maximum Gasteiger partial charge on any atom is 0.261 e. The van der Waals surface area contributed by atoms with Crippen molar-refractivity contribution in [3.05, 3.63) is 41.0 Å². The van der Waals surface area contributed by atoms with Gasteiger partial charge in [0.25, 0.3) is 5.91 Å². The Labute approximate surface area is 177 Å². The third-order valence-corrected chi connectivity index (χ3v) is 4.86. The maximum atomic E-state index is 12.8. The number of furan rings is 1. The highest BCUT2D eigenvalue weighted by Gasteiger charge is 2.19. The first kappa shape index (κ1) is 21.2. The zero-order valence-corrected chi connectivity index (χ0v) is 17.7. The molecule has 0 saturated carbocycles. The molecule has 0 aliphatic carbocycles. The number of aromatic nitrogens is 1. The van der Waals surface area contributed by atoms with Crippen molar-refractivity contribution in [3.63, 3.8) is 0 Å². The average molecular weight is 431 g/mol.